The van der Waals surface area contributed by atoms with E-state index in [1.54, 1.807) is 31.3 Å². The molecule has 1 rings (SSSR count). The Labute approximate surface area is 111 Å². The number of nitrogens with zero attached hydrogens (tertiary/aromatic N) is 1. The molecular formula is C12H16N2O3S. The smallest absolute Gasteiger partial charge is 0.260 e. The van der Waals surface area contributed by atoms with Crippen LogP contribution in [0, 0.1) is 0 Å². The fourth-order valence-electron chi connectivity index (χ4n) is 1.25. The van der Waals surface area contributed by atoms with Crippen molar-refractivity contribution in [2.24, 2.45) is 5.73 Å². The summed E-state index contributed by atoms with van der Waals surface area (Å²) in [6.07, 6.45) is 0. The molecule has 0 radical (unpaired) electrons. The van der Waals surface area contributed by atoms with Gasteiger partial charge in [0.1, 0.15) is 10.7 Å². The van der Waals surface area contributed by atoms with Crippen LogP contribution in [0.5, 0.6) is 5.75 Å². The van der Waals surface area contributed by atoms with Gasteiger partial charge >= 0.3 is 0 Å². The van der Waals surface area contributed by atoms with Gasteiger partial charge in [-0.25, -0.2) is 0 Å². The normalized spacial score (nSPS) is 9.89. The van der Waals surface area contributed by atoms with Crippen LogP contribution in [0.2, 0.25) is 0 Å². The molecule has 0 aliphatic carbocycles. The fraction of sp³-hybridized carbons (Fsp3) is 0.333. The molecule has 0 aliphatic heterocycles. The van der Waals surface area contributed by atoms with Crippen molar-refractivity contribution in [1.82, 2.24) is 4.90 Å². The Morgan fingerprint density at radius 1 is 1.44 bits per heavy atom. The minimum Gasteiger partial charge on any atom is -0.484 e. The second-order valence-electron chi connectivity index (χ2n) is 3.72. The van der Waals surface area contributed by atoms with E-state index in [1.807, 2.05) is 0 Å². The van der Waals surface area contributed by atoms with Crippen molar-refractivity contribution in [3.8, 4) is 5.75 Å². The van der Waals surface area contributed by atoms with Gasteiger partial charge in [-0.1, -0.05) is 12.2 Å². The summed E-state index contributed by atoms with van der Waals surface area (Å²) in [6, 6.07) is 6.88. The molecule has 0 aliphatic rings. The van der Waals surface area contributed by atoms with Gasteiger partial charge in [-0.15, -0.1) is 0 Å². The van der Waals surface area contributed by atoms with Crippen molar-refractivity contribution in [3.63, 3.8) is 0 Å². The van der Waals surface area contributed by atoms with E-state index in [4.69, 9.17) is 27.8 Å². The summed E-state index contributed by atoms with van der Waals surface area (Å²) < 4.78 is 5.31. The number of aliphatic hydroxyl groups excluding tert-OH is 1. The van der Waals surface area contributed by atoms with E-state index < -0.39 is 0 Å². The first-order valence-corrected chi connectivity index (χ1v) is 5.83. The zero-order chi connectivity index (χ0) is 13.5. The monoisotopic (exact) mass is 268 g/mol. The molecular weight excluding hydrogens is 252 g/mol. The average molecular weight is 268 g/mol. The number of carbonyl (C=O) groups excluding carboxylic acids is 1. The van der Waals surface area contributed by atoms with Crippen molar-refractivity contribution in [1.29, 1.82) is 0 Å². The number of benzene rings is 1. The Kier molecular flexibility index (Phi) is 5.54. The van der Waals surface area contributed by atoms with Gasteiger partial charge in [0.15, 0.2) is 6.61 Å². The zero-order valence-electron chi connectivity index (χ0n) is 10.1. The third kappa shape index (κ3) is 4.31. The van der Waals surface area contributed by atoms with E-state index in [2.05, 4.69) is 0 Å². The van der Waals surface area contributed by atoms with Gasteiger partial charge in [-0.3, -0.25) is 4.79 Å². The number of hydrogen-bond acceptors (Lipinski definition) is 4. The molecule has 18 heavy (non-hydrogen) atoms. The minimum atomic E-state index is -0.192. The van der Waals surface area contributed by atoms with Gasteiger partial charge in [0, 0.05) is 19.2 Å². The van der Waals surface area contributed by atoms with Gasteiger partial charge < -0.3 is 20.5 Å². The summed E-state index contributed by atoms with van der Waals surface area (Å²) in [5, 5.41) is 8.69. The molecule has 0 fully saturated rings. The molecule has 0 aromatic heterocycles. The lowest BCUT2D eigenvalue weighted by Gasteiger charge is -2.15. The first-order valence-electron chi connectivity index (χ1n) is 5.42. The molecule has 0 atom stereocenters. The fourth-order valence-corrected chi connectivity index (χ4v) is 1.38. The van der Waals surface area contributed by atoms with E-state index in [-0.39, 0.29) is 19.1 Å². The van der Waals surface area contributed by atoms with E-state index >= 15 is 0 Å². The first kappa shape index (κ1) is 14.4. The van der Waals surface area contributed by atoms with Gasteiger partial charge in [0.05, 0.1) is 6.61 Å². The van der Waals surface area contributed by atoms with Crippen molar-refractivity contribution in [2.45, 2.75) is 0 Å². The van der Waals surface area contributed by atoms with Gasteiger partial charge in [0.2, 0.25) is 0 Å². The predicted octanol–water partition coefficient (Wildman–Crippen LogP) is 0.150. The van der Waals surface area contributed by atoms with E-state index in [0.717, 1.165) is 5.56 Å². The number of likely N-dealkylation sites (N-methyl/N-ethyl adjacent to an activating group) is 1. The summed E-state index contributed by atoms with van der Waals surface area (Å²) in [4.78, 5) is 13.3. The van der Waals surface area contributed by atoms with Crippen LogP contribution in [0.4, 0.5) is 0 Å². The maximum Gasteiger partial charge on any atom is 0.260 e. The second kappa shape index (κ2) is 6.93. The summed E-state index contributed by atoms with van der Waals surface area (Å²) in [6.45, 7) is 0.163. The number of rotatable bonds is 6. The molecule has 98 valence electrons. The maximum atomic E-state index is 11.5. The third-order valence-corrected chi connectivity index (χ3v) is 2.60. The van der Waals surface area contributed by atoms with Crippen LogP contribution in [0.1, 0.15) is 5.56 Å². The lowest BCUT2D eigenvalue weighted by atomic mass is 10.2. The van der Waals surface area contributed by atoms with E-state index in [0.29, 0.717) is 17.3 Å². The number of carbonyl (C=O) groups is 1. The number of hydrogen-bond donors (Lipinski definition) is 2. The minimum absolute atomic E-state index is 0.0646. The summed E-state index contributed by atoms with van der Waals surface area (Å²) in [5.41, 5.74) is 6.22. The highest BCUT2D eigenvalue weighted by Gasteiger charge is 2.08. The summed E-state index contributed by atoms with van der Waals surface area (Å²) in [7, 11) is 1.61. The molecule has 6 heteroatoms. The number of thiocarbonyl (C=S) groups is 1. The Morgan fingerprint density at radius 2 is 2.06 bits per heavy atom. The zero-order valence-corrected chi connectivity index (χ0v) is 10.9. The SMILES string of the molecule is CN(CCO)C(=O)COc1ccc(C(N)=S)cc1. The number of amides is 1. The van der Waals surface area contributed by atoms with E-state index in [1.165, 1.54) is 4.90 Å². The van der Waals surface area contributed by atoms with Crippen LogP contribution < -0.4 is 10.5 Å². The molecule has 0 spiro atoms. The van der Waals surface area contributed by atoms with Crippen molar-refractivity contribution >= 4 is 23.1 Å². The number of ether oxygens (including phenoxy) is 1. The average Bonchev–Trinajstić information content (AvgIpc) is 2.36. The Balaban J connectivity index is 2.48. The lowest BCUT2D eigenvalue weighted by Crippen LogP contribution is -2.33. The van der Waals surface area contributed by atoms with Crippen molar-refractivity contribution < 1.29 is 14.6 Å². The second-order valence-corrected chi connectivity index (χ2v) is 4.16. The quantitative estimate of drug-likeness (QED) is 0.718. The van der Waals surface area contributed by atoms with Crippen LogP contribution in [0.25, 0.3) is 0 Å². The van der Waals surface area contributed by atoms with Crippen LogP contribution in [-0.4, -0.2) is 47.7 Å². The van der Waals surface area contributed by atoms with E-state index in [9.17, 15) is 4.79 Å². The molecule has 0 unspecified atom stereocenters. The number of aliphatic hydroxyl groups is 1. The van der Waals surface area contributed by atoms with Gasteiger partial charge in [-0.2, -0.15) is 0 Å². The highest BCUT2D eigenvalue weighted by atomic mass is 32.1. The Hall–Kier alpha value is -1.66. The topological polar surface area (TPSA) is 75.8 Å². The van der Waals surface area contributed by atoms with Crippen molar-refractivity contribution in [2.75, 3.05) is 26.8 Å². The molecule has 0 heterocycles. The van der Waals surface area contributed by atoms with Gasteiger partial charge in [0.25, 0.3) is 5.91 Å². The molecule has 3 N–H and O–H groups in total. The molecule has 1 aromatic rings. The molecule has 0 bridgehead atoms. The molecule has 1 aromatic carbocycles. The highest BCUT2D eigenvalue weighted by Crippen LogP contribution is 2.12. The maximum absolute atomic E-state index is 11.5. The van der Waals surface area contributed by atoms with Crippen molar-refractivity contribution in [3.05, 3.63) is 29.8 Å². The molecule has 1 amide bonds. The highest BCUT2D eigenvalue weighted by molar-refractivity contribution is 7.80. The van der Waals surface area contributed by atoms with Crippen LogP contribution in [-0.2, 0) is 4.79 Å². The van der Waals surface area contributed by atoms with Gasteiger partial charge in [-0.05, 0) is 24.3 Å². The summed E-state index contributed by atoms with van der Waals surface area (Å²) in [5.74, 6) is 0.378. The largest absolute Gasteiger partial charge is 0.484 e. The van der Waals surface area contributed by atoms with Crippen LogP contribution >= 0.6 is 12.2 Å². The first-order chi connectivity index (χ1) is 8.54. The number of nitrogens with two attached hydrogens (primary N) is 1. The van der Waals surface area contributed by atoms with Crippen LogP contribution in [0.3, 0.4) is 0 Å². The molecule has 0 saturated heterocycles. The standard InChI is InChI=1S/C12H16N2O3S/c1-14(6-7-15)11(16)8-17-10-4-2-9(3-5-10)12(13)18/h2-5,15H,6-8H2,1H3,(H2,13,18). The summed E-state index contributed by atoms with van der Waals surface area (Å²) >= 11 is 4.83. The molecule has 5 nitrogen and oxygen atoms in total. The molecule has 0 saturated carbocycles. The Bertz CT molecular complexity index is 420. The lowest BCUT2D eigenvalue weighted by molar-refractivity contribution is -0.132. The Morgan fingerprint density at radius 3 is 2.56 bits per heavy atom. The van der Waals surface area contributed by atoms with Crippen LogP contribution in [0.15, 0.2) is 24.3 Å². The predicted molar refractivity (Wildman–Crippen MR) is 72.5 cm³/mol. The third-order valence-electron chi connectivity index (χ3n) is 2.36.